The Morgan fingerprint density at radius 2 is 0.719 bits per heavy atom. The first-order valence-electron chi connectivity index (χ1n) is 10.4. The van der Waals surface area contributed by atoms with E-state index in [2.05, 4.69) is 97.1 Å². The van der Waals surface area contributed by atoms with Gasteiger partial charge >= 0.3 is 0 Å². The predicted molar refractivity (Wildman–Crippen MR) is 137 cm³/mol. The van der Waals surface area contributed by atoms with E-state index in [1.54, 1.807) is 22.7 Å². The summed E-state index contributed by atoms with van der Waals surface area (Å²) in [5, 5.41) is 2.03. The highest BCUT2D eigenvalue weighted by atomic mass is 32.1. The van der Waals surface area contributed by atoms with E-state index >= 15 is 0 Å². The average molecular weight is 447 g/mol. The molecule has 4 aromatic carbocycles. The fourth-order valence-electron chi connectivity index (χ4n) is 3.95. The van der Waals surface area contributed by atoms with Crippen molar-refractivity contribution < 1.29 is 0 Å². The second-order valence-electron chi connectivity index (χ2n) is 7.47. The summed E-state index contributed by atoms with van der Waals surface area (Å²) in [4.78, 5) is 12.0. The molecule has 4 heteroatoms. The van der Waals surface area contributed by atoms with Gasteiger partial charge in [-0.05, 0) is 22.3 Å². The number of thiazole rings is 2. The van der Waals surface area contributed by atoms with Crippen LogP contribution in [0.1, 0.15) is 0 Å². The minimum atomic E-state index is 0.991. The lowest BCUT2D eigenvalue weighted by atomic mass is 10.0. The van der Waals surface area contributed by atoms with Crippen LogP contribution in [-0.2, 0) is 0 Å². The fraction of sp³-hybridized carbons (Fsp3) is 0. The van der Waals surface area contributed by atoms with Gasteiger partial charge in [-0.25, -0.2) is 9.97 Å². The van der Waals surface area contributed by atoms with Gasteiger partial charge in [0.15, 0.2) is 9.66 Å². The van der Waals surface area contributed by atoms with Crippen LogP contribution in [0.2, 0.25) is 0 Å². The number of hydrogen-bond donors (Lipinski definition) is 0. The van der Waals surface area contributed by atoms with Gasteiger partial charge < -0.3 is 0 Å². The SMILES string of the molecule is c1ccc(-c2ccccc2-c2nc3sc(-c4ccccc4-c4ccccc4)nc3s2)cc1. The number of benzene rings is 4. The largest absolute Gasteiger partial charge is 0.223 e. The Labute approximate surface area is 194 Å². The molecule has 2 heterocycles. The Bertz CT molecular complexity index is 1370. The summed E-state index contributed by atoms with van der Waals surface area (Å²) in [6, 6.07) is 37.9. The molecule has 0 saturated carbocycles. The second kappa shape index (κ2) is 8.15. The number of rotatable bonds is 4. The highest BCUT2D eigenvalue weighted by Gasteiger charge is 2.17. The quantitative estimate of drug-likeness (QED) is 0.271. The van der Waals surface area contributed by atoms with Crippen LogP contribution in [0.5, 0.6) is 0 Å². The van der Waals surface area contributed by atoms with Gasteiger partial charge in [0.25, 0.3) is 0 Å². The molecule has 32 heavy (non-hydrogen) atoms. The van der Waals surface area contributed by atoms with E-state index in [0.29, 0.717) is 0 Å². The molecule has 0 aliphatic carbocycles. The molecule has 6 rings (SSSR count). The Kier molecular flexibility index (Phi) is 4.87. The minimum absolute atomic E-state index is 0.991. The first kappa shape index (κ1) is 19.1. The van der Waals surface area contributed by atoms with Gasteiger partial charge in [-0.15, -0.1) is 0 Å². The van der Waals surface area contributed by atoms with Crippen molar-refractivity contribution in [1.29, 1.82) is 0 Å². The van der Waals surface area contributed by atoms with E-state index in [9.17, 15) is 0 Å². The van der Waals surface area contributed by atoms with Crippen LogP contribution in [-0.4, -0.2) is 9.97 Å². The number of hydrogen-bond acceptors (Lipinski definition) is 4. The van der Waals surface area contributed by atoms with E-state index in [-0.39, 0.29) is 0 Å². The van der Waals surface area contributed by atoms with Crippen molar-refractivity contribution in [3.63, 3.8) is 0 Å². The van der Waals surface area contributed by atoms with E-state index in [1.165, 1.54) is 22.3 Å². The summed E-state index contributed by atoms with van der Waals surface area (Å²) >= 11 is 3.33. The van der Waals surface area contributed by atoms with Crippen molar-refractivity contribution in [1.82, 2.24) is 9.97 Å². The van der Waals surface area contributed by atoms with Gasteiger partial charge in [-0.1, -0.05) is 132 Å². The summed E-state index contributed by atoms with van der Waals surface area (Å²) in [6.45, 7) is 0. The third kappa shape index (κ3) is 3.44. The van der Waals surface area contributed by atoms with Crippen molar-refractivity contribution in [3.05, 3.63) is 109 Å². The van der Waals surface area contributed by atoms with Crippen molar-refractivity contribution >= 4 is 32.3 Å². The molecule has 152 valence electrons. The molecule has 0 fully saturated rings. The number of fused-ring (bicyclic) bond motifs is 1. The first-order chi connectivity index (χ1) is 15.9. The van der Waals surface area contributed by atoms with Crippen LogP contribution in [0.4, 0.5) is 0 Å². The summed E-state index contributed by atoms with van der Waals surface area (Å²) in [5.74, 6) is 0. The molecule has 0 spiro atoms. The average Bonchev–Trinajstić information content (AvgIpc) is 3.45. The lowest BCUT2D eigenvalue weighted by Gasteiger charge is -2.07. The van der Waals surface area contributed by atoms with Gasteiger partial charge in [-0.3, -0.25) is 0 Å². The molecular weight excluding hydrogens is 428 g/mol. The van der Waals surface area contributed by atoms with E-state index in [0.717, 1.165) is 30.8 Å². The van der Waals surface area contributed by atoms with Crippen molar-refractivity contribution in [2.75, 3.05) is 0 Å². The topological polar surface area (TPSA) is 25.8 Å². The predicted octanol–water partition coefficient (Wildman–Crippen LogP) is 8.42. The van der Waals surface area contributed by atoms with Gasteiger partial charge in [0, 0.05) is 11.1 Å². The second-order valence-corrected chi connectivity index (χ2v) is 9.43. The highest BCUT2D eigenvalue weighted by molar-refractivity contribution is 7.29. The molecular formula is C28H18N2S2. The fourth-order valence-corrected chi connectivity index (χ4v) is 6.07. The molecule has 2 nitrogen and oxygen atoms in total. The summed E-state index contributed by atoms with van der Waals surface area (Å²) in [7, 11) is 0. The van der Waals surface area contributed by atoms with Crippen LogP contribution in [0.3, 0.4) is 0 Å². The van der Waals surface area contributed by atoms with Crippen molar-refractivity contribution in [2.45, 2.75) is 0 Å². The van der Waals surface area contributed by atoms with Gasteiger partial charge in [0.2, 0.25) is 0 Å². The lowest BCUT2D eigenvalue weighted by molar-refractivity contribution is 1.48. The maximum atomic E-state index is 4.99. The van der Waals surface area contributed by atoms with Crippen molar-refractivity contribution in [2.24, 2.45) is 0 Å². The maximum Gasteiger partial charge on any atom is 0.155 e. The molecule has 0 radical (unpaired) electrons. The standard InChI is InChI=1S/C28H18N2S2/c1-3-11-19(12-4-1)21-15-7-9-17-23(21)25-29-27-28(31-25)30-26(32-27)24-18-10-8-16-22(24)20-13-5-2-6-14-20/h1-18H. The molecule has 0 atom stereocenters. The molecule has 0 amide bonds. The third-order valence-electron chi connectivity index (χ3n) is 5.46. The van der Waals surface area contributed by atoms with Crippen molar-refractivity contribution in [3.8, 4) is 43.4 Å². The minimum Gasteiger partial charge on any atom is -0.223 e. The van der Waals surface area contributed by atoms with Crippen LogP contribution in [0.25, 0.3) is 53.1 Å². The third-order valence-corrected chi connectivity index (χ3v) is 7.55. The molecule has 0 unspecified atom stereocenters. The van der Waals surface area contributed by atoms with Gasteiger partial charge in [0.05, 0.1) is 0 Å². The molecule has 0 bridgehead atoms. The molecule has 0 aliphatic rings. The van der Waals surface area contributed by atoms with Crippen LogP contribution < -0.4 is 0 Å². The Morgan fingerprint density at radius 3 is 1.12 bits per heavy atom. The van der Waals surface area contributed by atoms with Crippen LogP contribution in [0, 0.1) is 0 Å². The molecule has 2 aromatic heterocycles. The number of nitrogens with zero attached hydrogens (tertiary/aromatic N) is 2. The summed E-state index contributed by atoms with van der Waals surface area (Å²) in [6.07, 6.45) is 0. The molecule has 0 saturated heterocycles. The summed E-state index contributed by atoms with van der Waals surface area (Å²) < 4.78 is 0. The van der Waals surface area contributed by atoms with Gasteiger partial charge in [-0.2, -0.15) is 0 Å². The molecule has 0 N–H and O–H groups in total. The Balaban J connectivity index is 1.43. The molecule has 6 aromatic rings. The normalized spacial score (nSPS) is 11.1. The Hall–Kier alpha value is -3.60. The van der Waals surface area contributed by atoms with Gasteiger partial charge in [0.1, 0.15) is 10.0 Å². The zero-order chi connectivity index (χ0) is 21.3. The Morgan fingerprint density at radius 1 is 0.375 bits per heavy atom. The highest BCUT2D eigenvalue weighted by Crippen LogP contribution is 2.41. The van der Waals surface area contributed by atoms with Crippen LogP contribution in [0.15, 0.2) is 109 Å². The maximum absolute atomic E-state index is 4.99. The lowest BCUT2D eigenvalue weighted by Crippen LogP contribution is -1.84. The smallest absolute Gasteiger partial charge is 0.155 e. The molecule has 0 aliphatic heterocycles. The summed E-state index contributed by atoms with van der Waals surface area (Å²) in [5.41, 5.74) is 7.10. The monoisotopic (exact) mass is 446 g/mol. The number of aromatic nitrogens is 2. The zero-order valence-electron chi connectivity index (χ0n) is 17.1. The van der Waals surface area contributed by atoms with E-state index in [1.807, 2.05) is 12.1 Å². The zero-order valence-corrected chi connectivity index (χ0v) is 18.7. The first-order valence-corrected chi connectivity index (χ1v) is 12.1. The van der Waals surface area contributed by atoms with E-state index < -0.39 is 0 Å². The van der Waals surface area contributed by atoms with Crippen LogP contribution >= 0.6 is 22.7 Å². The van der Waals surface area contributed by atoms with E-state index in [4.69, 9.17) is 9.97 Å².